The van der Waals surface area contributed by atoms with E-state index in [-0.39, 0.29) is 11.9 Å². The number of methoxy groups -OCH3 is 1. The molecule has 4 saturated carbocycles. The molecule has 0 aliphatic heterocycles. The molecule has 2 heteroatoms. The Labute approximate surface area is 211 Å². The average Bonchev–Trinajstić information content (AvgIpc) is 2.78. The number of hydrogen-bond donors (Lipinski definition) is 0. The van der Waals surface area contributed by atoms with E-state index in [1.165, 1.54) is 64.2 Å². The van der Waals surface area contributed by atoms with Gasteiger partial charge in [0.1, 0.15) is 0 Å². The third-order valence-corrected chi connectivity index (χ3v) is 13.7. The molecular weight excluding hydrogens is 416 g/mol. The highest BCUT2D eigenvalue weighted by atomic mass is 16.5. The summed E-state index contributed by atoms with van der Waals surface area (Å²) in [4.78, 5) is 12.5. The third kappa shape index (κ3) is 3.65. The van der Waals surface area contributed by atoms with Crippen molar-refractivity contribution < 1.29 is 9.53 Å². The van der Waals surface area contributed by atoms with Gasteiger partial charge in [0, 0.05) is 0 Å². The molecule has 0 N–H and O–H groups in total. The molecule has 0 unspecified atom stereocenters. The normalized spacial score (nSPS) is 50.9. The highest BCUT2D eigenvalue weighted by molar-refractivity contribution is 5.71. The van der Waals surface area contributed by atoms with Gasteiger partial charge in [0.05, 0.1) is 13.0 Å². The Kier molecular flexibility index (Phi) is 6.43. The first-order valence-electron chi connectivity index (χ1n) is 14.7. The summed E-state index contributed by atoms with van der Waals surface area (Å²) in [6.45, 7) is 22.9. The molecule has 0 bridgehead atoms. The summed E-state index contributed by atoms with van der Waals surface area (Å²) >= 11 is 0. The Morgan fingerprint density at radius 3 is 2.06 bits per heavy atom. The molecule has 9 atom stereocenters. The molecule has 2 nitrogen and oxygen atoms in total. The molecular formula is C32H56O2. The van der Waals surface area contributed by atoms with Crippen molar-refractivity contribution in [1.82, 2.24) is 0 Å². The van der Waals surface area contributed by atoms with Crippen LogP contribution in [-0.2, 0) is 9.53 Å². The molecule has 0 aromatic carbocycles. The van der Waals surface area contributed by atoms with Crippen molar-refractivity contribution in [2.75, 3.05) is 7.11 Å². The maximum atomic E-state index is 12.5. The minimum Gasteiger partial charge on any atom is -0.469 e. The Morgan fingerprint density at radius 1 is 0.853 bits per heavy atom. The van der Waals surface area contributed by atoms with Gasteiger partial charge in [-0.15, -0.1) is 0 Å². The van der Waals surface area contributed by atoms with Crippen molar-refractivity contribution in [2.24, 2.45) is 56.2 Å². The molecule has 0 saturated heterocycles. The number of esters is 1. The molecule has 4 aliphatic rings. The van der Waals surface area contributed by atoms with Crippen molar-refractivity contribution in [1.29, 1.82) is 0 Å². The van der Waals surface area contributed by atoms with Crippen LogP contribution in [0.25, 0.3) is 0 Å². The fourth-order valence-corrected chi connectivity index (χ4v) is 10.8. The van der Waals surface area contributed by atoms with Crippen LogP contribution in [0.15, 0.2) is 0 Å². The molecule has 0 spiro atoms. The van der Waals surface area contributed by atoms with E-state index in [1.54, 1.807) is 7.11 Å². The fraction of sp³-hybridized carbons (Fsp3) is 0.969. The van der Waals surface area contributed by atoms with Gasteiger partial charge in [0.15, 0.2) is 0 Å². The van der Waals surface area contributed by atoms with E-state index >= 15 is 0 Å². The van der Waals surface area contributed by atoms with Crippen LogP contribution in [0.3, 0.4) is 0 Å². The summed E-state index contributed by atoms with van der Waals surface area (Å²) in [6, 6.07) is 0. The first-order chi connectivity index (χ1) is 15.6. The van der Waals surface area contributed by atoms with Gasteiger partial charge >= 0.3 is 5.97 Å². The summed E-state index contributed by atoms with van der Waals surface area (Å²) in [7, 11) is 1.56. The number of carbonyl (C=O) groups is 1. The number of hydrogen-bond acceptors (Lipinski definition) is 2. The topological polar surface area (TPSA) is 26.3 Å². The second kappa shape index (κ2) is 8.24. The standard InChI is InChI=1S/C32H56O2/c1-11-28(5)13-12-23-30(7,24(28)20-22(2)26(33)34-10)17-19-32(9)25-21-27(3,4)14-15-29(25,6)16-18-31(23,32)8/h22-25H,11-21H2,1-10H3/t22-,23-,24+,25-,28-,29+,30+,31+,32-/m0/s1. The SMILES string of the molecule is CC[C@@]1(C)CC[C@H]2[C@@](C)(CC[C@@]3(C)[C@H]4CC(C)(C)CC[C@]4(C)CC[C@]23C)[C@@H]1C[C@H](C)C(=O)OC. The van der Waals surface area contributed by atoms with Gasteiger partial charge in [-0.2, -0.15) is 0 Å². The lowest BCUT2D eigenvalue weighted by Gasteiger charge is -2.74. The molecule has 4 fully saturated rings. The Morgan fingerprint density at radius 2 is 1.44 bits per heavy atom. The maximum Gasteiger partial charge on any atom is 0.308 e. The van der Waals surface area contributed by atoms with Gasteiger partial charge in [-0.3, -0.25) is 4.79 Å². The van der Waals surface area contributed by atoms with Crippen molar-refractivity contribution in [2.45, 2.75) is 133 Å². The van der Waals surface area contributed by atoms with Crippen molar-refractivity contribution >= 4 is 5.97 Å². The van der Waals surface area contributed by atoms with Crippen LogP contribution in [0.2, 0.25) is 0 Å². The molecule has 4 rings (SSSR count). The monoisotopic (exact) mass is 472 g/mol. The fourth-order valence-electron chi connectivity index (χ4n) is 10.8. The lowest BCUT2D eigenvalue weighted by atomic mass is 9.31. The maximum absolute atomic E-state index is 12.5. The summed E-state index contributed by atoms with van der Waals surface area (Å²) in [5, 5.41) is 0. The van der Waals surface area contributed by atoms with Crippen LogP contribution < -0.4 is 0 Å². The molecule has 0 amide bonds. The minimum absolute atomic E-state index is 0.00800. The van der Waals surface area contributed by atoms with E-state index in [1.807, 2.05) is 0 Å². The van der Waals surface area contributed by atoms with Crippen LogP contribution in [0.5, 0.6) is 0 Å². The van der Waals surface area contributed by atoms with Gasteiger partial charge in [-0.25, -0.2) is 0 Å². The van der Waals surface area contributed by atoms with Gasteiger partial charge in [0.25, 0.3) is 0 Å². The number of fused-ring (bicyclic) bond motifs is 5. The Balaban J connectivity index is 1.74. The Bertz CT molecular complexity index is 801. The van der Waals surface area contributed by atoms with Crippen LogP contribution in [-0.4, -0.2) is 13.1 Å². The summed E-state index contributed by atoms with van der Waals surface area (Å²) in [5.41, 5.74) is 2.49. The van der Waals surface area contributed by atoms with E-state index in [0.717, 1.165) is 18.3 Å². The minimum atomic E-state index is -0.0195. The van der Waals surface area contributed by atoms with Crippen LogP contribution in [0.4, 0.5) is 0 Å². The molecule has 4 aliphatic carbocycles. The van der Waals surface area contributed by atoms with Crippen LogP contribution >= 0.6 is 0 Å². The zero-order valence-electron chi connectivity index (χ0n) is 24.4. The number of carbonyl (C=O) groups excluding carboxylic acids is 1. The quantitative estimate of drug-likeness (QED) is 0.381. The zero-order valence-corrected chi connectivity index (χ0v) is 24.4. The largest absolute Gasteiger partial charge is 0.469 e. The molecule has 196 valence electrons. The van der Waals surface area contributed by atoms with Crippen molar-refractivity contribution in [3.8, 4) is 0 Å². The second-order valence-corrected chi connectivity index (χ2v) is 15.7. The first-order valence-corrected chi connectivity index (χ1v) is 14.7. The molecule has 34 heavy (non-hydrogen) atoms. The summed E-state index contributed by atoms with van der Waals surface area (Å²) in [5.74, 6) is 2.18. The van der Waals surface area contributed by atoms with Gasteiger partial charge in [-0.05, 0) is 114 Å². The van der Waals surface area contributed by atoms with Crippen LogP contribution in [0, 0.1) is 56.2 Å². The lowest BCUT2D eigenvalue weighted by Crippen LogP contribution is -2.66. The summed E-state index contributed by atoms with van der Waals surface area (Å²) < 4.78 is 5.20. The van der Waals surface area contributed by atoms with E-state index in [2.05, 4.69) is 62.3 Å². The van der Waals surface area contributed by atoms with Crippen molar-refractivity contribution in [3.63, 3.8) is 0 Å². The van der Waals surface area contributed by atoms with Gasteiger partial charge in [-0.1, -0.05) is 68.7 Å². The van der Waals surface area contributed by atoms with Crippen molar-refractivity contribution in [3.05, 3.63) is 0 Å². The Hall–Kier alpha value is -0.530. The van der Waals surface area contributed by atoms with E-state index in [4.69, 9.17) is 4.74 Å². The molecule has 0 aromatic rings. The molecule has 0 heterocycles. The number of ether oxygens (including phenoxy) is 1. The van der Waals surface area contributed by atoms with E-state index in [9.17, 15) is 4.79 Å². The average molecular weight is 473 g/mol. The second-order valence-electron chi connectivity index (χ2n) is 15.7. The summed E-state index contributed by atoms with van der Waals surface area (Å²) in [6.07, 6.45) is 14.7. The third-order valence-electron chi connectivity index (χ3n) is 13.7. The zero-order chi connectivity index (χ0) is 25.4. The van der Waals surface area contributed by atoms with E-state index in [0.29, 0.717) is 38.4 Å². The highest BCUT2D eigenvalue weighted by Gasteiger charge is 2.69. The van der Waals surface area contributed by atoms with Gasteiger partial charge < -0.3 is 4.74 Å². The predicted molar refractivity (Wildman–Crippen MR) is 142 cm³/mol. The smallest absolute Gasteiger partial charge is 0.308 e. The lowest BCUT2D eigenvalue weighted by molar-refractivity contribution is -0.252. The van der Waals surface area contributed by atoms with Crippen LogP contribution in [0.1, 0.15) is 133 Å². The van der Waals surface area contributed by atoms with E-state index < -0.39 is 0 Å². The predicted octanol–water partition coefficient (Wildman–Crippen LogP) is 9.07. The van der Waals surface area contributed by atoms with Gasteiger partial charge in [0.2, 0.25) is 0 Å². The highest BCUT2D eigenvalue weighted by Crippen LogP contribution is 2.77. The number of rotatable bonds is 4. The first kappa shape index (κ1) is 26.5. The molecule has 0 aromatic heterocycles. The molecule has 0 radical (unpaired) electrons.